The van der Waals surface area contributed by atoms with Crippen LogP contribution in [0.15, 0.2) is 72.3 Å². The second-order valence-electron chi connectivity index (χ2n) is 8.83. The van der Waals surface area contributed by atoms with Crippen LogP contribution in [0.3, 0.4) is 0 Å². The van der Waals surface area contributed by atoms with Gasteiger partial charge in [-0.1, -0.05) is 56.1 Å². The van der Waals surface area contributed by atoms with Gasteiger partial charge in [-0.2, -0.15) is 0 Å². The first kappa shape index (κ1) is 25.9. The zero-order chi connectivity index (χ0) is 25.4. The van der Waals surface area contributed by atoms with Crippen molar-refractivity contribution in [3.05, 3.63) is 78.4 Å². The smallest absolute Gasteiger partial charge is 0.335 e. The van der Waals surface area contributed by atoms with Crippen LogP contribution in [0.2, 0.25) is 0 Å². The number of allylic oxidation sites excluding steroid dienone is 1. The number of fused-ring (bicyclic) bond motifs is 2. The van der Waals surface area contributed by atoms with Crippen molar-refractivity contribution < 1.29 is 19.1 Å². The quantitative estimate of drug-likeness (QED) is 0.220. The number of esters is 1. The Morgan fingerprint density at radius 2 is 1.58 bits per heavy atom. The van der Waals surface area contributed by atoms with E-state index in [1.165, 1.54) is 0 Å². The third-order valence-electron chi connectivity index (χ3n) is 6.89. The van der Waals surface area contributed by atoms with Crippen molar-refractivity contribution in [3.8, 4) is 0 Å². The molecule has 5 nitrogen and oxygen atoms in total. The number of hydrogen-bond acceptors (Lipinski definition) is 7. The van der Waals surface area contributed by atoms with Gasteiger partial charge in [0.15, 0.2) is 17.1 Å². The molecule has 186 valence electrons. The zero-order valence-electron chi connectivity index (χ0n) is 19.4. The van der Waals surface area contributed by atoms with Gasteiger partial charge < -0.3 is 4.74 Å². The molecule has 0 amide bonds. The molecule has 2 bridgehead atoms. The van der Waals surface area contributed by atoms with Gasteiger partial charge in [0.25, 0.3) is 0 Å². The van der Waals surface area contributed by atoms with Crippen LogP contribution in [0.25, 0.3) is 0 Å². The molecule has 9 heteroatoms. The third kappa shape index (κ3) is 4.46. The Morgan fingerprint density at radius 1 is 1.00 bits per heavy atom. The number of nitrogens with zero attached hydrogens (tertiary/aromatic N) is 1. The number of aliphatic imine (C=N–C) groups is 1. The minimum Gasteiger partial charge on any atom is -0.464 e. The molecule has 4 atom stereocenters. The van der Waals surface area contributed by atoms with Gasteiger partial charge in [-0.15, -0.1) is 23.5 Å². The summed E-state index contributed by atoms with van der Waals surface area (Å²) >= 11 is 10.1. The Morgan fingerprint density at radius 3 is 2.17 bits per heavy atom. The van der Waals surface area contributed by atoms with Crippen LogP contribution < -0.4 is 0 Å². The summed E-state index contributed by atoms with van der Waals surface area (Å²) in [6, 6.07) is 15.3. The maximum absolute atomic E-state index is 14.1. The molecule has 1 saturated carbocycles. The maximum Gasteiger partial charge on any atom is 0.335 e. The Kier molecular flexibility index (Phi) is 7.64. The van der Waals surface area contributed by atoms with E-state index in [1.54, 1.807) is 36.7 Å². The summed E-state index contributed by atoms with van der Waals surface area (Å²) in [7, 11) is 0. The number of benzene rings is 2. The van der Waals surface area contributed by atoms with Gasteiger partial charge in [0.05, 0.1) is 22.3 Å². The van der Waals surface area contributed by atoms with E-state index < -0.39 is 29.3 Å². The largest absolute Gasteiger partial charge is 0.464 e. The monoisotopic (exact) mass is 647 g/mol. The molecule has 5 rings (SSSR count). The summed E-state index contributed by atoms with van der Waals surface area (Å²) in [5, 5.41) is 0. The van der Waals surface area contributed by atoms with E-state index >= 15 is 0 Å². The summed E-state index contributed by atoms with van der Waals surface area (Å²) in [6.45, 7) is 1.93. The Balaban J connectivity index is 1.78. The fourth-order valence-electron chi connectivity index (χ4n) is 5.35. The second kappa shape index (κ2) is 10.6. The highest BCUT2D eigenvalue weighted by molar-refractivity contribution is 9.10. The topological polar surface area (TPSA) is 72.8 Å². The van der Waals surface area contributed by atoms with Gasteiger partial charge in [-0.05, 0) is 42.3 Å². The molecule has 2 aromatic carbocycles. The van der Waals surface area contributed by atoms with Crippen LogP contribution in [0.5, 0.6) is 0 Å². The number of rotatable bonds is 4. The van der Waals surface area contributed by atoms with E-state index in [9.17, 15) is 14.4 Å². The lowest BCUT2D eigenvalue weighted by molar-refractivity contribution is -0.152. The number of Topliss-reactive ketones (excluding diaryl/α,β-unsaturated/α-hetero) is 2. The number of ketones is 2. The minimum atomic E-state index is -1.44. The molecule has 0 unspecified atom stereocenters. The molecule has 3 aliphatic rings. The predicted octanol–water partition coefficient (Wildman–Crippen LogP) is 6.32. The van der Waals surface area contributed by atoms with Gasteiger partial charge >= 0.3 is 5.97 Å². The van der Waals surface area contributed by atoms with Gasteiger partial charge in [0.2, 0.25) is 0 Å². The van der Waals surface area contributed by atoms with Crippen molar-refractivity contribution in [2.75, 3.05) is 18.1 Å². The van der Waals surface area contributed by atoms with Crippen molar-refractivity contribution in [1.29, 1.82) is 0 Å². The number of carbonyl (C=O) groups excluding carboxylic acids is 3. The van der Waals surface area contributed by atoms with Crippen LogP contribution in [0.4, 0.5) is 0 Å². The standard InChI is InChI=1S/C27H23Br2NO4S2/c1-2-34-26(33)27-20(15-3-7-17(28)8-4-15)13-21(31)22(25-35-11-12-36-25)24(32)19(14-30-27)23(27)16-5-9-18(29)10-6-16/h3-10,14,19-20,23H,2,11-13H2,1H3/t19-,20+,23+,27-/m0/s1. The fraction of sp³-hybridized carbons (Fsp3) is 0.333. The van der Waals surface area contributed by atoms with Crippen LogP contribution in [0.1, 0.15) is 36.3 Å². The first-order chi connectivity index (χ1) is 17.4. The third-order valence-corrected chi connectivity index (χ3v) is 10.7. The van der Waals surface area contributed by atoms with E-state index in [-0.39, 0.29) is 30.2 Å². The lowest BCUT2D eigenvalue weighted by atomic mass is 9.62. The van der Waals surface area contributed by atoms with Gasteiger partial charge in [-0.3, -0.25) is 14.6 Å². The molecule has 1 aliphatic carbocycles. The summed E-state index contributed by atoms with van der Waals surface area (Å²) in [5.74, 6) is -1.23. The molecule has 2 heterocycles. The summed E-state index contributed by atoms with van der Waals surface area (Å²) in [4.78, 5) is 46.6. The maximum atomic E-state index is 14.1. The van der Waals surface area contributed by atoms with Crippen molar-refractivity contribution in [2.24, 2.45) is 10.9 Å². The molecule has 0 N–H and O–H groups in total. The number of carbonyl (C=O) groups is 3. The molecule has 2 aromatic rings. The van der Waals surface area contributed by atoms with Crippen LogP contribution in [-0.4, -0.2) is 47.4 Å². The SMILES string of the molecule is CCOC(=O)[C@]12N=C[C@H](C(=O)C(=C3SCCS3)C(=O)C[C@@H]1c1ccc(Br)cc1)[C@H]2c1ccc(Br)cc1. The lowest BCUT2D eigenvalue weighted by Gasteiger charge is -2.41. The predicted molar refractivity (Wildman–Crippen MR) is 152 cm³/mol. The molecular formula is C27H23Br2NO4S2. The van der Waals surface area contributed by atoms with Gasteiger partial charge in [-0.25, -0.2) is 4.79 Å². The number of ether oxygens (including phenoxy) is 1. The molecule has 36 heavy (non-hydrogen) atoms. The molecule has 0 spiro atoms. The summed E-state index contributed by atoms with van der Waals surface area (Å²) < 4.78 is 8.21. The molecule has 2 fully saturated rings. The zero-order valence-corrected chi connectivity index (χ0v) is 24.2. The first-order valence-electron chi connectivity index (χ1n) is 11.7. The highest BCUT2D eigenvalue weighted by Gasteiger charge is 2.62. The van der Waals surface area contributed by atoms with E-state index in [0.717, 1.165) is 35.8 Å². The molecule has 0 radical (unpaired) electrons. The fourth-order valence-corrected chi connectivity index (χ4v) is 8.47. The number of hydrogen-bond donors (Lipinski definition) is 0. The van der Waals surface area contributed by atoms with Crippen molar-refractivity contribution >= 4 is 79.1 Å². The average molecular weight is 649 g/mol. The lowest BCUT2D eigenvalue weighted by Crippen LogP contribution is -2.51. The molecule has 2 aliphatic heterocycles. The highest BCUT2D eigenvalue weighted by atomic mass is 79.9. The number of thioether (sulfide) groups is 2. The Hall–Kier alpha value is -1.68. The van der Waals surface area contributed by atoms with Crippen molar-refractivity contribution in [1.82, 2.24) is 0 Å². The second-order valence-corrected chi connectivity index (χ2v) is 13.1. The Labute approximate surface area is 235 Å². The molecule has 1 saturated heterocycles. The molecular weight excluding hydrogens is 626 g/mol. The summed E-state index contributed by atoms with van der Waals surface area (Å²) in [5.41, 5.74) is 0.446. The van der Waals surface area contributed by atoms with Gasteiger partial charge in [0.1, 0.15) is 0 Å². The molecule has 0 aromatic heterocycles. The normalized spacial score (nSPS) is 27.8. The average Bonchev–Trinajstić information content (AvgIpc) is 3.53. The van der Waals surface area contributed by atoms with Gasteiger partial charge in [0, 0.05) is 44.9 Å². The van der Waals surface area contributed by atoms with Crippen LogP contribution >= 0.6 is 55.4 Å². The Bertz CT molecular complexity index is 1270. The minimum absolute atomic E-state index is 0.0107. The van der Waals surface area contributed by atoms with E-state index in [2.05, 4.69) is 31.9 Å². The summed E-state index contributed by atoms with van der Waals surface area (Å²) in [6.07, 6.45) is 1.59. The van der Waals surface area contributed by atoms with E-state index in [4.69, 9.17) is 9.73 Å². The number of halogens is 2. The highest BCUT2D eigenvalue weighted by Crippen LogP contribution is 2.55. The van der Waals surface area contributed by atoms with E-state index in [0.29, 0.717) is 0 Å². The van der Waals surface area contributed by atoms with Crippen molar-refractivity contribution in [3.63, 3.8) is 0 Å². The first-order valence-corrected chi connectivity index (χ1v) is 15.2. The van der Waals surface area contributed by atoms with E-state index in [1.807, 2.05) is 48.5 Å². The van der Waals surface area contributed by atoms with Crippen LogP contribution in [0, 0.1) is 5.92 Å². The van der Waals surface area contributed by atoms with Crippen molar-refractivity contribution in [2.45, 2.75) is 30.7 Å². The van der Waals surface area contributed by atoms with Crippen LogP contribution in [-0.2, 0) is 19.1 Å².